The van der Waals surface area contributed by atoms with E-state index in [0.29, 0.717) is 22.6 Å². The van der Waals surface area contributed by atoms with Crippen molar-refractivity contribution in [3.8, 4) is 11.5 Å². The fraction of sp³-hybridized carbons (Fsp3) is 0.222. The van der Waals surface area contributed by atoms with Gasteiger partial charge < -0.3 is 19.5 Å². The van der Waals surface area contributed by atoms with Crippen LogP contribution in [0.5, 0.6) is 11.5 Å². The van der Waals surface area contributed by atoms with Gasteiger partial charge in [-0.15, -0.1) is 0 Å². The largest absolute Gasteiger partial charge is 0.507 e. The molecular weight excluding hydrogens is 432 g/mol. The van der Waals surface area contributed by atoms with Crippen molar-refractivity contribution in [2.45, 2.75) is 32.5 Å². The van der Waals surface area contributed by atoms with Crippen LogP contribution in [0.2, 0.25) is 0 Å². The predicted molar refractivity (Wildman–Crippen MR) is 127 cm³/mol. The molecule has 1 saturated heterocycles. The van der Waals surface area contributed by atoms with E-state index in [2.05, 4.69) is 4.98 Å². The lowest BCUT2D eigenvalue weighted by Crippen LogP contribution is -2.29. The van der Waals surface area contributed by atoms with Crippen LogP contribution >= 0.6 is 0 Å². The lowest BCUT2D eigenvalue weighted by atomic mass is 9.95. The summed E-state index contributed by atoms with van der Waals surface area (Å²) in [6.07, 6.45) is 3.31. The number of pyridine rings is 1. The number of likely N-dealkylation sites (tertiary alicyclic amines) is 1. The first-order valence-electron chi connectivity index (χ1n) is 11.0. The first kappa shape index (κ1) is 23.0. The lowest BCUT2D eigenvalue weighted by molar-refractivity contribution is -0.140. The number of Topliss-reactive ketones (excluding diaryl/α,β-unsaturated/α-hetero) is 1. The molecule has 4 rings (SSSR count). The summed E-state index contributed by atoms with van der Waals surface area (Å²) in [4.78, 5) is 31.9. The van der Waals surface area contributed by atoms with E-state index in [4.69, 9.17) is 9.47 Å². The summed E-state index contributed by atoms with van der Waals surface area (Å²) < 4.78 is 10.9. The number of hydrogen-bond acceptors (Lipinski definition) is 6. The molecule has 7 heteroatoms. The molecule has 1 aliphatic heterocycles. The Morgan fingerprint density at radius 3 is 2.29 bits per heavy atom. The molecule has 7 nitrogen and oxygen atoms in total. The van der Waals surface area contributed by atoms with Crippen LogP contribution in [0.25, 0.3) is 5.76 Å². The highest BCUT2D eigenvalue weighted by molar-refractivity contribution is 6.46. The Morgan fingerprint density at radius 2 is 1.71 bits per heavy atom. The van der Waals surface area contributed by atoms with Gasteiger partial charge in [0, 0.05) is 24.5 Å². The van der Waals surface area contributed by atoms with Crippen LogP contribution in [0.15, 0.2) is 78.6 Å². The Bertz CT molecular complexity index is 1200. The second-order valence-electron chi connectivity index (χ2n) is 8.25. The van der Waals surface area contributed by atoms with Crippen LogP contribution in [0.1, 0.15) is 36.6 Å². The monoisotopic (exact) mass is 458 g/mol. The van der Waals surface area contributed by atoms with Crippen molar-refractivity contribution in [2.24, 2.45) is 0 Å². The number of aliphatic hydroxyl groups excluding tert-OH is 1. The Balaban J connectivity index is 1.80. The summed E-state index contributed by atoms with van der Waals surface area (Å²) in [5.74, 6) is -0.345. The van der Waals surface area contributed by atoms with Crippen molar-refractivity contribution in [3.63, 3.8) is 0 Å². The van der Waals surface area contributed by atoms with E-state index >= 15 is 0 Å². The van der Waals surface area contributed by atoms with Gasteiger partial charge in [-0.2, -0.15) is 0 Å². The molecule has 2 heterocycles. The van der Waals surface area contributed by atoms with Gasteiger partial charge in [0.05, 0.1) is 24.8 Å². The molecule has 1 aromatic heterocycles. The molecule has 0 radical (unpaired) electrons. The Morgan fingerprint density at radius 1 is 1.03 bits per heavy atom. The number of nitrogens with zero attached hydrogens (tertiary/aromatic N) is 2. The molecule has 0 aliphatic carbocycles. The first-order valence-corrected chi connectivity index (χ1v) is 11.0. The molecule has 1 aliphatic rings. The molecule has 0 bridgehead atoms. The number of rotatable bonds is 7. The molecule has 1 fully saturated rings. The van der Waals surface area contributed by atoms with Crippen LogP contribution < -0.4 is 9.47 Å². The lowest BCUT2D eigenvalue weighted by Gasteiger charge is -2.25. The minimum Gasteiger partial charge on any atom is -0.507 e. The fourth-order valence-electron chi connectivity index (χ4n) is 3.98. The SMILES string of the molecule is COc1ccc(/C(O)=C2/C(=O)C(=O)N(Cc3cccnc3)C2c2ccc(OC(C)C)cc2)cc1. The second-order valence-corrected chi connectivity index (χ2v) is 8.25. The van der Waals surface area contributed by atoms with E-state index in [1.807, 2.05) is 32.0 Å². The van der Waals surface area contributed by atoms with Crippen LogP contribution in [-0.4, -0.2) is 39.9 Å². The number of carbonyl (C=O) groups excluding carboxylic acids is 2. The number of hydrogen-bond donors (Lipinski definition) is 1. The maximum atomic E-state index is 13.2. The van der Waals surface area contributed by atoms with E-state index in [1.165, 1.54) is 4.90 Å². The number of methoxy groups -OCH3 is 1. The summed E-state index contributed by atoms with van der Waals surface area (Å²) in [5.41, 5.74) is 1.93. The average Bonchev–Trinajstić information content (AvgIpc) is 3.09. The highest BCUT2D eigenvalue weighted by Crippen LogP contribution is 2.40. The number of aromatic nitrogens is 1. The number of amides is 1. The molecule has 174 valence electrons. The number of benzene rings is 2. The molecular formula is C27H26N2O5. The van der Waals surface area contributed by atoms with Gasteiger partial charge in [-0.3, -0.25) is 14.6 Å². The second kappa shape index (κ2) is 9.79. The van der Waals surface area contributed by atoms with E-state index in [9.17, 15) is 14.7 Å². The van der Waals surface area contributed by atoms with Gasteiger partial charge in [0.1, 0.15) is 17.3 Å². The highest BCUT2D eigenvalue weighted by Gasteiger charge is 2.46. The molecule has 1 atom stereocenters. The highest BCUT2D eigenvalue weighted by atomic mass is 16.5. The maximum absolute atomic E-state index is 13.2. The van der Waals surface area contributed by atoms with E-state index < -0.39 is 17.7 Å². The van der Waals surface area contributed by atoms with Gasteiger partial charge >= 0.3 is 0 Å². The third-order valence-electron chi connectivity index (χ3n) is 5.55. The zero-order valence-corrected chi connectivity index (χ0v) is 19.3. The summed E-state index contributed by atoms with van der Waals surface area (Å²) in [6.45, 7) is 4.05. The van der Waals surface area contributed by atoms with E-state index in [-0.39, 0.29) is 24.0 Å². The minimum absolute atomic E-state index is 0.0112. The van der Waals surface area contributed by atoms with Crippen molar-refractivity contribution in [2.75, 3.05) is 7.11 Å². The quantitative estimate of drug-likeness (QED) is 0.319. The maximum Gasteiger partial charge on any atom is 0.295 e. The van der Waals surface area contributed by atoms with Gasteiger partial charge in [-0.05, 0) is 67.4 Å². The molecule has 3 aromatic rings. The summed E-state index contributed by atoms with van der Waals surface area (Å²) in [6, 6.07) is 16.7. The van der Waals surface area contributed by atoms with E-state index in [1.54, 1.807) is 62.0 Å². The Labute approximate surface area is 198 Å². The topological polar surface area (TPSA) is 89.0 Å². The number of ether oxygens (including phenoxy) is 2. The van der Waals surface area contributed by atoms with Gasteiger partial charge in [0.25, 0.3) is 11.7 Å². The van der Waals surface area contributed by atoms with Gasteiger partial charge in [-0.25, -0.2) is 0 Å². The summed E-state index contributed by atoms with van der Waals surface area (Å²) >= 11 is 0. The number of ketones is 1. The zero-order valence-electron chi connectivity index (χ0n) is 19.3. The zero-order chi connectivity index (χ0) is 24.2. The van der Waals surface area contributed by atoms with Crippen LogP contribution in [0.4, 0.5) is 0 Å². The number of carbonyl (C=O) groups is 2. The van der Waals surface area contributed by atoms with Gasteiger partial charge in [0.15, 0.2) is 0 Å². The molecule has 1 N–H and O–H groups in total. The molecule has 0 saturated carbocycles. The Hall–Kier alpha value is -4.13. The van der Waals surface area contributed by atoms with Crippen molar-refractivity contribution < 1.29 is 24.2 Å². The Kier molecular flexibility index (Phi) is 6.63. The van der Waals surface area contributed by atoms with Gasteiger partial charge in [-0.1, -0.05) is 18.2 Å². The van der Waals surface area contributed by atoms with Crippen molar-refractivity contribution in [1.82, 2.24) is 9.88 Å². The third-order valence-corrected chi connectivity index (χ3v) is 5.55. The molecule has 0 spiro atoms. The third kappa shape index (κ3) is 4.64. The fourth-order valence-corrected chi connectivity index (χ4v) is 3.98. The normalized spacial score (nSPS) is 17.3. The van der Waals surface area contributed by atoms with Crippen molar-refractivity contribution in [3.05, 3.63) is 95.3 Å². The standard InChI is InChI=1S/C27H26N2O5/c1-17(2)34-22-12-6-19(7-13-22)24-23(25(30)20-8-10-21(33-3)11-9-20)26(31)27(32)29(24)16-18-5-4-14-28-15-18/h4-15,17,24,30H,16H2,1-3H3/b25-23-. The first-order chi connectivity index (χ1) is 16.4. The van der Waals surface area contributed by atoms with Crippen LogP contribution in [-0.2, 0) is 16.1 Å². The number of aliphatic hydroxyl groups is 1. The molecule has 1 amide bonds. The van der Waals surface area contributed by atoms with Crippen LogP contribution in [0, 0.1) is 0 Å². The minimum atomic E-state index is -0.768. The molecule has 1 unspecified atom stereocenters. The van der Waals surface area contributed by atoms with Crippen molar-refractivity contribution >= 4 is 17.4 Å². The smallest absolute Gasteiger partial charge is 0.295 e. The average molecular weight is 459 g/mol. The predicted octanol–water partition coefficient (Wildman–Crippen LogP) is 4.50. The molecule has 34 heavy (non-hydrogen) atoms. The van der Waals surface area contributed by atoms with Crippen LogP contribution in [0.3, 0.4) is 0 Å². The summed E-state index contributed by atoms with van der Waals surface area (Å²) in [5, 5.41) is 11.2. The summed E-state index contributed by atoms with van der Waals surface area (Å²) in [7, 11) is 1.55. The van der Waals surface area contributed by atoms with Crippen molar-refractivity contribution in [1.29, 1.82) is 0 Å². The molecule has 2 aromatic carbocycles. The van der Waals surface area contributed by atoms with E-state index in [0.717, 1.165) is 5.56 Å². The van der Waals surface area contributed by atoms with Gasteiger partial charge in [0.2, 0.25) is 0 Å².